The Morgan fingerprint density at radius 1 is 1.12 bits per heavy atom. The molecule has 1 N–H and O–H groups in total. The average Bonchev–Trinajstić information content (AvgIpc) is 3.53. The number of aromatic nitrogens is 2. The number of carbonyl (C=O) groups is 1. The van der Waals surface area contributed by atoms with E-state index in [4.69, 9.17) is 9.15 Å². The number of ether oxygens (including phenoxy) is 1. The number of hydrogen-bond acceptors (Lipinski definition) is 5. The highest BCUT2D eigenvalue weighted by molar-refractivity contribution is 5.94. The van der Waals surface area contributed by atoms with Crippen LogP contribution in [0.5, 0.6) is 5.75 Å². The van der Waals surface area contributed by atoms with Crippen molar-refractivity contribution in [1.82, 2.24) is 19.6 Å². The lowest BCUT2D eigenvalue weighted by molar-refractivity contribution is 0.0913. The molecule has 1 atom stereocenters. The molecule has 176 valence electrons. The number of imidazole rings is 1. The summed E-state index contributed by atoms with van der Waals surface area (Å²) >= 11 is 0. The Kier molecular flexibility index (Phi) is 6.62. The van der Waals surface area contributed by atoms with E-state index < -0.39 is 0 Å². The maximum atomic E-state index is 12.9. The van der Waals surface area contributed by atoms with Crippen LogP contribution in [-0.4, -0.2) is 39.8 Å². The second-order valence-electron chi connectivity index (χ2n) is 8.86. The third-order valence-corrected chi connectivity index (χ3v) is 6.29. The number of aryl methyl sites for hydroxylation is 1. The van der Waals surface area contributed by atoms with Gasteiger partial charge in [-0.05, 0) is 74.8 Å². The average molecular weight is 459 g/mol. The normalized spacial score (nSPS) is 15.3. The van der Waals surface area contributed by atoms with E-state index in [9.17, 15) is 4.79 Å². The van der Waals surface area contributed by atoms with Crippen molar-refractivity contribution in [3.63, 3.8) is 0 Å². The van der Waals surface area contributed by atoms with E-state index in [1.54, 1.807) is 18.4 Å². The van der Waals surface area contributed by atoms with Gasteiger partial charge in [-0.2, -0.15) is 0 Å². The van der Waals surface area contributed by atoms with Crippen LogP contribution in [0, 0.1) is 6.92 Å². The summed E-state index contributed by atoms with van der Waals surface area (Å²) in [5.74, 6) is 1.41. The Balaban J connectivity index is 1.21. The molecule has 0 radical (unpaired) electrons. The number of nitrogens with zero attached hydrogens (tertiary/aromatic N) is 3. The highest BCUT2D eigenvalue weighted by Gasteiger charge is 2.25. The van der Waals surface area contributed by atoms with Gasteiger partial charge >= 0.3 is 0 Å². The summed E-state index contributed by atoms with van der Waals surface area (Å²) in [6, 6.07) is 15.2. The number of nitrogens with one attached hydrogen (secondary N) is 1. The molecule has 1 unspecified atom stereocenters. The molecule has 1 saturated heterocycles. The van der Waals surface area contributed by atoms with Crippen LogP contribution in [0.2, 0.25) is 0 Å². The van der Waals surface area contributed by atoms with Crippen molar-refractivity contribution < 1.29 is 13.9 Å². The van der Waals surface area contributed by atoms with E-state index in [0.717, 1.165) is 30.2 Å². The van der Waals surface area contributed by atoms with Gasteiger partial charge in [-0.1, -0.05) is 18.6 Å². The van der Waals surface area contributed by atoms with E-state index in [1.165, 1.54) is 24.8 Å². The summed E-state index contributed by atoms with van der Waals surface area (Å²) in [5, 5.41) is 3.10. The molecule has 3 aromatic heterocycles. The van der Waals surface area contributed by atoms with Crippen LogP contribution in [0.3, 0.4) is 0 Å². The number of benzene rings is 1. The number of furan rings is 1. The fourth-order valence-electron chi connectivity index (χ4n) is 4.52. The fraction of sp³-hybridized carbons (Fsp3) is 0.333. The summed E-state index contributed by atoms with van der Waals surface area (Å²) < 4.78 is 13.6. The smallest absolute Gasteiger partial charge is 0.251 e. The first-order chi connectivity index (χ1) is 16.7. The highest BCUT2D eigenvalue weighted by Crippen LogP contribution is 2.25. The first-order valence-electron chi connectivity index (χ1n) is 11.9. The molecule has 1 aliphatic rings. The first kappa shape index (κ1) is 22.2. The standard InChI is InChI=1S/C27H30N4O3/c1-20-10-11-26-29-22(18-31(26)17-20)19-34-23-8-5-7-21(15-23)27(32)28-16-24(25-9-6-14-33-25)30-12-3-2-4-13-30/h5-11,14-15,17-18,24H,2-4,12-13,16,19H2,1H3,(H,28,32). The lowest BCUT2D eigenvalue weighted by atomic mass is 10.1. The quantitative estimate of drug-likeness (QED) is 0.412. The topological polar surface area (TPSA) is 72.0 Å². The number of hydrogen-bond donors (Lipinski definition) is 1. The number of piperidine rings is 1. The summed E-state index contributed by atoms with van der Waals surface area (Å²) in [4.78, 5) is 19.9. The second-order valence-corrected chi connectivity index (χ2v) is 8.86. The Labute approximate surface area is 199 Å². The van der Waals surface area contributed by atoms with Gasteiger partial charge in [0.25, 0.3) is 5.91 Å². The maximum absolute atomic E-state index is 12.9. The van der Waals surface area contributed by atoms with Gasteiger partial charge in [-0.15, -0.1) is 0 Å². The molecule has 4 heterocycles. The molecule has 1 amide bonds. The van der Waals surface area contributed by atoms with E-state index in [1.807, 2.05) is 53.2 Å². The number of carbonyl (C=O) groups excluding carboxylic acids is 1. The lowest BCUT2D eigenvalue weighted by Crippen LogP contribution is -2.40. The third-order valence-electron chi connectivity index (χ3n) is 6.29. The zero-order chi connectivity index (χ0) is 23.3. The van der Waals surface area contributed by atoms with Crippen LogP contribution in [0.15, 0.2) is 71.6 Å². The summed E-state index contributed by atoms with van der Waals surface area (Å²) in [6.07, 6.45) is 9.31. The Morgan fingerprint density at radius 3 is 2.82 bits per heavy atom. The zero-order valence-electron chi connectivity index (χ0n) is 19.4. The minimum Gasteiger partial charge on any atom is -0.487 e. The molecule has 34 heavy (non-hydrogen) atoms. The van der Waals surface area contributed by atoms with Gasteiger partial charge in [0.05, 0.1) is 18.0 Å². The van der Waals surface area contributed by atoms with Gasteiger partial charge in [0, 0.05) is 24.5 Å². The second kappa shape index (κ2) is 10.1. The molecular formula is C27H30N4O3. The maximum Gasteiger partial charge on any atom is 0.251 e. The van der Waals surface area contributed by atoms with Gasteiger partial charge in [0.15, 0.2) is 0 Å². The van der Waals surface area contributed by atoms with Crippen molar-refractivity contribution in [3.05, 3.63) is 89.8 Å². The largest absolute Gasteiger partial charge is 0.487 e. The summed E-state index contributed by atoms with van der Waals surface area (Å²) in [6.45, 7) is 4.93. The van der Waals surface area contributed by atoms with Crippen LogP contribution in [-0.2, 0) is 6.61 Å². The molecule has 1 fully saturated rings. The molecular weight excluding hydrogens is 428 g/mol. The van der Waals surface area contributed by atoms with Crippen molar-refractivity contribution in [3.8, 4) is 5.75 Å². The first-order valence-corrected chi connectivity index (χ1v) is 11.9. The van der Waals surface area contributed by atoms with Gasteiger partial charge < -0.3 is 18.9 Å². The van der Waals surface area contributed by atoms with Gasteiger partial charge in [0.1, 0.15) is 23.8 Å². The van der Waals surface area contributed by atoms with Crippen LogP contribution >= 0.6 is 0 Å². The molecule has 7 nitrogen and oxygen atoms in total. The molecule has 4 aromatic rings. The van der Waals surface area contributed by atoms with Crippen LogP contribution in [0.1, 0.15) is 52.7 Å². The Hall–Kier alpha value is -3.58. The zero-order valence-corrected chi connectivity index (χ0v) is 19.4. The molecule has 5 rings (SSSR count). The van der Waals surface area contributed by atoms with E-state index in [2.05, 4.69) is 22.1 Å². The monoisotopic (exact) mass is 458 g/mol. The van der Waals surface area contributed by atoms with Gasteiger partial charge in [-0.3, -0.25) is 9.69 Å². The van der Waals surface area contributed by atoms with Crippen LogP contribution in [0.25, 0.3) is 5.65 Å². The van der Waals surface area contributed by atoms with Crippen molar-refractivity contribution in [2.75, 3.05) is 19.6 Å². The van der Waals surface area contributed by atoms with E-state index in [-0.39, 0.29) is 11.9 Å². The number of pyridine rings is 1. The predicted molar refractivity (Wildman–Crippen MR) is 130 cm³/mol. The van der Waals surface area contributed by atoms with Gasteiger partial charge in [-0.25, -0.2) is 4.98 Å². The van der Waals surface area contributed by atoms with Crippen molar-refractivity contribution in [1.29, 1.82) is 0 Å². The highest BCUT2D eigenvalue weighted by atomic mass is 16.5. The number of amides is 1. The SMILES string of the molecule is Cc1ccc2nc(COc3cccc(C(=O)NCC(c4ccco4)N4CCCCC4)c3)cn2c1. The molecule has 0 saturated carbocycles. The molecule has 7 heteroatoms. The third kappa shape index (κ3) is 5.15. The Bertz CT molecular complexity index is 1240. The summed E-state index contributed by atoms with van der Waals surface area (Å²) in [5.41, 5.74) is 3.46. The van der Waals surface area contributed by atoms with Crippen molar-refractivity contribution >= 4 is 11.6 Å². The lowest BCUT2D eigenvalue weighted by Gasteiger charge is -2.33. The molecule has 1 aromatic carbocycles. The number of fused-ring (bicyclic) bond motifs is 1. The van der Waals surface area contributed by atoms with Crippen molar-refractivity contribution in [2.45, 2.75) is 38.8 Å². The number of likely N-dealkylation sites (tertiary alicyclic amines) is 1. The van der Waals surface area contributed by atoms with Crippen LogP contribution < -0.4 is 10.1 Å². The summed E-state index contributed by atoms with van der Waals surface area (Å²) in [7, 11) is 0. The minimum atomic E-state index is -0.123. The number of rotatable bonds is 8. The minimum absolute atomic E-state index is 0.0392. The van der Waals surface area contributed by atoms with Crippen LogP contribution in [0.4, 0.5) is 0 Å². The molecule has 0 aliphatic carbocycles. The fourth-order valence-corrected chi connectivity index (χ4v) is 4.52. The Morgan fingerprint density at radius 2 is 2.00 bits per heavy atom. The van der Waals surface area contributed by atoms with Crippen molar-refractivity contribution in [2.24, 2.45) is 0 Å². The van der Waals surface area contributed by atoms with Gasteiger partial charge in [0.2, 0.25) is 0 Å². The van der Waals surface area contributed by atoms with E-state index >= 15 is 0 Å². The molecule has 0 spiro atoms. The predicted octanol–water partition coefficient (Wildman–Crippen LogP) is 4.77. The molecule has 1 aliphatic heterocycles. The van der Waals surface area contributed by atoms with E-state index in [0.29, 0.717) is 24.5 Å². The molecule has 0 bridgehead atoms.